The molecule has 4 aromatic rings. The third-order valence-corrected chi connectivity index (χ3v) is 6.03. The summed E-state index contributed by atoms with van der Waals surface area (Å²) in [6.45, 7) is 8.80. The van der Waals surface area contributed by atoms with Gasteiger partial charge in [0.2, 0.25) is 0 Å². The smallest absolute Gasteiger partial charge is 0.108 e. The fourth-order valence-electron chi connectivity index (χ4n) is 4.59. The van der Waals surface area contributed by atoms with E-state index in [4.69, 9.17) is 0 Å². The quantitative estimate of drug-likeness (QED) is 0.358. The largest absolute Gasteiger partial charge is 0.319 e. The van der Waals surface area contributed by atoms with Crippen LogP contribution in [0.15, 0.2) is 78.9 Å². The molecule has 4 aromatic carbocycles. The first-order valence-corrected chi connectivity index (χ1v) is 10.3. The van der Waals surface area contributed by atoms with Crippen molar-refractivity contribution in [3.05, 3.63) is 95.6 Å². The molecule has 0 fully saturated rings. The Labute approximate surface area is 173 Å². The van der Waals surface area contributed by atoms with E-state index in [1.165, 1.54) is 50.2 Å². The Morgan fingerprint density at radius 3 is 1.79 bits per heavy atom. The van der Waals surface area contributed by atoms with Crippen LogP contribution < -0.4 is 9.80 Å². The van der Waals surface area contributed by atoms with Gasteiger partial charge in [0.1, 0.15) is 6.17 Å². The Kier molecular flexibility index (Phi) is 4.09. The summed E-state index contributed by atoms with van der Waals surface area (Å²) in [6, 6.07) is 28.9. The topological polar surface area (TPSA) is 6.48 Å². The third-order valence-electron chi connectivity index (χ3n) is 6.03. The van der Waals surface area contributed by atoms with Gasteiger partial charge in [0.25, 0.3) is 0 Å². The standard InChI is InChI=1S/C27H26N2/c1-18-9-12-24(13-10-18)28-21(4)29(25-14-11-19(2)15-20(25)3)27-17-23-8-6-5-7-22(23)16-26(27)28/h5-17,21H,1-4H3. The maximum Gasteiger partial charge on any atom is 0.108 e. The van der Waals surface area contributed by atoms with E-state index in [2.05, 4.69) is 116 Å². The van der Waals surface area contributed by atoms with Gasteiger partial charge in [-0.3, -0.25) is 0 Å². The monoisotopic (exact) mass is 378 g/mol. The van der Waals surface area contributed by atoms with Crippen LogP contribution in [-0.2, 0) is 0 Å². The molecular weight excluding hydrogens is 352 g/mol. The van der Waals surface area contributed by atoms with Gasteiger partial charge in [-0.25, -0.2) is 0 Å². The fourth-order valence-corrected chi connectivity index (χ4v) is 4.59. The van der Waals surface area contributed by atoms with Gasteiger partial charge in [0.05, 0.1) is 11.4 Å². The molecule has 29 heavy (non-hydrogen) atoms. The molecule has 1 aliphatic rings. The van der Waals surface area contributed by atoms with E-state index in [1.807, 2.05) is 0 Å². The molecule has 1 aliphatic heterocycles. The summed E-state index contributed by atoms with van der Waals surface area (Å²) in [5.74, 6) is 0. The van der Waals surface area contributed by atoms with Crippen LogP contribution >= 0.6 is 0 Å². The first kappa shape index (κ1) is 17.8. The highest BCUT2D eigenvalue weighted by Crippen LogP contribution is 2.49. The molecular formula is C27H26N2. The predicted octanol–water partition coefficient (Wildman–Crippen LogP) is 7.40. The molecule has 1 heterocycles. The van der Waals surface area contributed by atoms with Crippen LogP contribution in [0.1, 0.15) is 23.6 Å². The number of benzene rings is 4. The van der Waals surface area contributed by atoms with Crippen LogP contribution in [0.2, 0.25) is 0 Å². The van der Waals surface area contributed by atoms with Gasteiger partial charge in [0, 0.05) is 11.4 Å². The van der Waals surface area contributed by atoms with E-state index >= 15 is 0 Å². The van der Waals surface area contributed by atoms with E-state index in [1.54, 1.807) is 0 Å². The van der Waals surface area contributed by atoms with Gasteiger partial charge >= 0.3 is 0 Å². The van der Waals surface area contributed by atoms with E-state index in [-0.39, 0.29) is 6.17 Å². The van der Waals surface area contributed by atoms with Gasteiger partial charge in [-0.2, -0.15) is 0 Å². The lowest BCUT2D eigenvalue weighted by Gasteiger charge is -2.31. The molecule has 144 valence electrons. The van der Waals surface area contributed by atoms with E-state index in [0.29, 0.717) is 0 Å². The van der Waals surface area contributed by atoms with Crippen LogP contribution in [0, 0.1) is 20.8 Å². The van der Waals surface area contributed by atoms with Gasteiger partial charge in [0.15, 0.2) is 0 Å². The minimum absolute atomic E-state index is 0.186. The Bertz CT molecular complexity index is 1210. The number of anilines is 4. The SMILES string of the molecule is Cc1ccc(N2c3cc4ccccc4cc3N(c3ccc(C)cc3C)C2C)cc1. The highest BCUT2D eigenvalue weighted by molar-refractivity contribution is 5.99. The highest BCUT2D eigenvalue weighted by atomic mass is 15.4. The summed E-state index contributed by atoms with van der Waals surface area (Å²) >= 11 is 0. The number of nitrogens with zero attached hydrogens (tertiary/aromatic N) is 2. The van der Waals surface area contributed by atoms with E-state index in [0.717, 1.165) is 0 Å². The second-order valence-electron chi connectivity index (χ2n) is 8.19. The van der Waals surface area contributed by atoms with Gasteiger partial charge in [-0.15, -0.1) is 0 Å². The van der Waals surface area contributed by atoms with Gasteiger partial charge in [-0.1, -0.05) is 59.7 Å². The Balaban J connectivity index is 1.75. The predicted molar refractivity (Wildman–Crippen MR) is 125 cm³/mol. The van der Waals surface area contributed by atoms with Gasteiger partial charge < -0.3 is 9.80 Å². The highest BCUT2D eigenvalue weighted by Gasteiger charge is 2.35. The Morgan fingerprint density at radius 2 is 1.17 bits per heavy atom. The van der Waals surface area contributed by atoms with Crippen molar-refractivity contribution in [2.24, 2.45) is 0 Å². The second kappa shape index (κ2) is 6.66. The molecule has 2 nitrogen and oxygen atoms in total. The molecule has 2 heteroatoms. The number of hydrogen-bond donors (Lipinski definition) is 0. The molecule has 0 saturated carbocycles. The van der Waals surface area contributed by atoms with Crippen molar-refractivity contribution in [1.82, 2.24) is 0 Å². The van der Waals surface area contributed by atoms with Crippen molar-refractivity contribution in [3.63, 3.8) is 0 Å². The maximum absolute atomic E-state index is 2.48. The summed E-state index contributed by atoms with van der Waals surface area (Å²) in [4.78, 5) is 4.94. The minimum Gasteiger partial charge on any atom is -0.319 e. The third kappa shape index (κ3) is 2.87. The zero-order valence-corrected chi connectivity index (χ0v) is 17.5. The molecule has 1 atom stereocenters. The summed E-state index contributed by atoms with van der Waals surface area (Å²) in [7, 11) is 0. The van der Waals surface area contributed by atoms with Crippen LogP contribution in [0.25, 0.3) is 10.8 Å². The van der Waals surface area contributed by atoms with Crippen LogP contribution in [0.5, 0.6) is 0 Å². The van der Waals surface area contributed by atoms with Crippen LogP contribution in [0.4, 0.5) is 22.7 Å². The average molecular weight is 379 g/mol. The lowest BCUT2D eigenvalue weighted by atomic mass is 10.1. The molecule has 0 amide bonds. The number of hydrogen-bond acceptors (Lipinski definition) is 2. The Hall–Kier alpha value is -3.26. The van der Waals surface area contributed by atoms with Crippen molar-refractivity contribution in [2.75, 3.05) is 9.80 Å². The van der Waals surface area contributed by atoms with Crippen LogP contribution in [0.3, 0.4) is 0 Å². The van der Waals surface area contributed by atoms with E-state index in [9.17, 15) is 0 Å². The molecule has 0 spiro atoms. The zero-order chi connectivity index (χ0) is 20.1. The number of fused-ring (bicyclic) bond motifs is 2. The summed E-state index contributed by atoms with van der Waals surface area (Å²) in [6.07, 6.45) is 0.186. The second-order valence-corrected chi connectivity index (χ2v) is 8.19. The number of aryl methyl sites for hydroxylation is 3. The van der Waals surface area contributed by atoms with Gasteiger partial charge in [-0.05, 0) is 74.4 Å². The number of rotatable bonds is 2. The Morgan fingerprint density at radius 1 is 0.586 bits per heavy atom. The molecule has 0 aromatic heterocycles. The van der Waals surface area contributed by atoms with Crippen molar-refractivity contribution in [2.45, 2.75) is 33.9 Å². The summed E-state index contributed by atoms with van der Waals surface area (Å²) < 4.78 is 0. The van der Waals surface area contributed by atoms with Crippen molar-refractivity contribution >= 4 is 33.5 Å². The maximum atomic E-state index is 2.48. The first-order valence-electron chi connectivity index (χ1n) is 10.3. The van der Waals surface area contributed by atoms with Crippen molar-refractivity contribution in [3.8, 4) is 0 Å². The zero-order valence-electron chi connectivity index (χ0n) is 17.5. The fraction of sp³-hybridized carbons (Fsp3) is 0.185. The molecule has 0 N–H and O–H groups in total. The molecule has 5 rings (SSSR count). The average Bonchev–Trinajstić information content (AvgIpc) is 2.98. The molecule has 1 unspecified atom stereocenters. The lowest BCUT2D eigenvalue weighted by Crippen LogP contribution is -2.35. The van der Waals surface area contributed by atoms with Crippen molar-refractivity contribution < 1.29 is 0 Å². The molecule has 0 saturated heterocycles. The van der Waals surface area contributed by atoms with Crippen molar-refractivity contribution in [1.29, 1.82) is 0 Å². The minimum atomic E-state index is 0.186. The van der Waals surface area contributed by atoms with E-state index < -0.39 is 0 Å². The van der Waals surface area contributed by atoms with Crippen LogP contribution in [-0.4, -0.2) is 6.17 Å². The lowest BCUT2D eigenvalue weighted by molar-refractivity contribution is 0.759. The molecule has 0 bridgehead atoms. The summed E-state index contributed by atoms with van der Waals surface area (Å²) in [5.41, 5.74) is 8.92. The molecule has 0 aliphatic carbocycles. The summed E-state index contributed by atoms with van der Waals surface area (Å²) in [5, 5.41) is 2.55. The first-order chi connectivity index (χ1) is 14.0. The normalized spacial score (nSPS) is 15.8. The molecule has 0 radical (unpaired) electrons.